The molecule has 1 spiro atoms. The van der Waals surface area contributed by atoms with Gasteiger partial charge in [0.05, 0.1) is 23.1 Å². The number of piperidine rings is 1. The fourth-order valence-electron chi connectivity index (χ4n) is 5.78. The summed E-state index contributed by atoms with van der Waals surface area (Å²) >= 11 is 0. The van der Waals surface area contributed by atoms with E-state index in [1.165, 1.54) is 0 Å². The lowest BCUT2D eigenvalue weighted by atomic mass is 9.83. The molecule has 0 bridgehead atoms. The number of nitrogens with zero attached hydrogens (tertiary/aromatic N) is 2. The van der Waals surface area contributed by atoms with Gasteiger partial charge in [0.1, 0.15) is 17.4 Å². The highest BCUT2D eigenvalue weighted by Crippen LogP contribution is 2.39. The van der Waals surface area contributed by atoms with Gasteiger partial charge in [-0.1, -0.05) is 24.3 Å². The number of para-hydroxylation sites is 1. The lowest BCUT2D eigenvalue weighted by Crippen LogP contribution is -2.56. The first-order valence-electron chi connectivity index (χ1n) is 13.3. The minimum absolute atomic E-state index is 0.0531. The van der Waals surface area contributed by atoms with Gasteiger partial charge in [0.2, 0.25) is 5.91 Å². The van der Waals surface area contributed by atoms with Gasteiger partial charge in [-0.15, -0.1) is 0 Å². The number of hydrogen-bond acceptors (Lipinski definition) is 5. The Kier molecular flexibility index (Phi) is 7.90. The Balaban J connectivity index is 1.18. The Hall–Kier alpha value is -3.38. The fourth-order valence-corrected chi connectivity index (χ4v) is 5.78. The molecule has 12 heteroatoms. The first-order valence-corrected chi connectivity index (χ1v) is 13.3. The molecule has 6 nitrogen and oxygen atoms in total. The molecule has 2 atom stereocenters. The molecule has 5 rings (SSSR count). The smallest absolute Gasteiger partial charge is 0.416 e. The lowest BCUT2D eigenvalue weighted by Gasteiger charge is -2.45. The van der Waals surface area contributed by atoms with Gasteiger partial charge in [0, 0.05) is 32.7 Å². The number of carbonyl (C=O) groups excluding carboxylic acids is 2. The zero-order chi connectivity index (χ0) is 29.4. The molecule has 1 saturated heterocycles. The molecule has 0 aromatic heterocycles. The van der Waals surface area contributed by atoms with E-state index in [1.54, 1.807) is 30.4 Å². The SMILES string of the molecule is O=C1CC2(CCCN(CCN3CC=C[C@H]3C(=O)NCc3cc(C(F)(F)F)cc(C(F)(F)F)c3)C2)Oc2ccccc21. The summed E-state index contributed by atoms with van der Waals surface area (Å²) in [6.07, 6.45) is -4.56. The summed E-state index contributed by atoms with van der Waals surface area (Å²) in [5.41, 5.74) is -3.16. The number of hydrogen-bond donors (Lipinski definition) is 1. The van der Waals surface area contributed by atoms with Crippen LogP contribution in [0.15, 0.2) is 54.6 Å². The summed E-state index contributed by atoms with van der Waals surface area (Å²) in [6, 6.07) is 7.78. The average molecular weight is 582 g/mol. The number of ketones is 1. The van der Waals surface area contributed by atoms with E-state index < -0.39 is 47.6 Å². The average Bonchev–Trinajstić information content (AvgIpc) is 3.38. The van der Waals surface area contributed by atoms with Crippen molar-refractivity contribution < 1.29 is 40.7 Å². The number of fused-ring (bicyclic) bond motifs is 1. The van der Waals surface area contributed by atoms with E-state index in [0.29, 0.717) is 56.0 Å². The van der Waals surface area contributed by atoms with Crippen molar-refractivity contribution in [3.05, 3.63) is 76.9 Å². The van der Waals surface area contributed by atoms with E-state index in [-0.39, 0.29) is 17.4 Å². The van der Waals surface area contributed by atoms with Crippen LogP contribution in [-0.4, -0.2) is 65.9 Å². The summed E-state index contributed by atoms with van der Waals surface area (Å²) in [5, 5.41) is 2.49. The molecular formula is C29H29F6N3O3. The third-order valence-electron chi connectivity index (χ3n) is 7.75. The molecule has 0 radical (unpaired) electrons. The highest BCUT2D eigenvalue weighted by molar-refractivity contribution is 6.00. The molecule has 1 fully saturated rings. The molecule has 3 aliphatic heterocycles. The summed E-state index contributed by atoms with van der Waals surface area (Å²) in [7, 11) is 0. The third kappa shape index (κ3) is 6.59. The highest BCUT2D eigenvalue weighted by atomic mass is 19.4. The van der Waals surface area contributed by atoms with Crippen LogP contribution in [0.5, 0.6) is 5.75 Å². The van der Waals surface area contributed by atoms with E-state index in [9.17, 15) is 35.9 Å². The van der Waals surface area contributed by atoms with Crippen LogP contribution in [0.4, 0.5) is 26.3 Å². The number of likely N-dealkylation sites (tertiary alicyclic amines) is 1. The molecule has 220 valence electrons. The van der Waals surface area contributed by atoms with Crippen molar-refractivity contribution in [1.82, 2.24) is 15.1 Å². The standard InChI is InChI=1S/C29H29F6N3O3/c30-28(31,32)20-13-19(14-21(15-20)29(33,34)35)17-36-26(40)23-6-3-10-38(23)12-11-37-9-4-8-27(18-37)16-24(39)22-5-1-2-7-25(22)41-27/h1-3,5-7,13-15,23H,4,8-12,16-18H2,(H,36,40)/t23-,27?/m0/s1. The second-order valence-electron chi connectivity index (χ2n) is 10.8. The van der Waals surface area contributed by atoms with Crippen LogP contribution in [0.25, 0.3) is 0 Å². The summed E-state index contributed by atoms with van der Waals surface area (Å²) < 4.78 is 85.4. The summed E-state index contributed by atoms with van der Waals surface area (Å²) in [4.78, 5) is 29.8. The van der Waals surface area contributed by atoms with Crippen LogP contribution in [0, 0.1) is 0 Å². The quantitative estimate of drug-likeness (QED) is 0.381. The van der Waals surface area contributed by atoms with E-state index >= 15 is 0 Å². The first-order chi connectivity index (χ1) is 19.3. The zero-order valence-corrected chi connectivity index (χ0v) is 22.0. The van der Waals surface area contributed by atoms with Gasteiger partial charge in [-0.25, -0.2) is 0 Å². The summed E-state index contributed by atoms with van der Waals surface area (Å²) in [5.74, 6) is 0.129. The third-order valence-corrected chi connectivity index (χ3v) is 7.75. The predicted octanol–water partition coefficient (Wildman–Crippen LogP) is 5.08. The maximum atomic E-state index is 13.2. The number of rotatable bonds is 6. The van der Waals surface area contributed by atoms with Crippen LogP contribution in [-0.2, 0) is 23.7 Å². The van der Waals surface area contributed by atoms with Gasteiger partial charge < -0.3 is 10.1 Å². The molecule has 0 saturated carbocycles. The number of halogens is 6. The molecule has 2 aromatic rings. The second-order valence-corrected chi connectivity index (χ2v) is 10.8. The summed E-state index contributed by atoms with van der Waals surface area (Å²) in [6.45, 7) is 2.44. The van der Waals surface area contributed by atoms with Gasteiger partial charge in [-0.2, -0.15) is 26.3 Å². The van der Waals surface area contributed by atoms with Crippen LogP contribution >= 0.6 is 0 Å². The van der Waals surface area contributed by atoms with Crippen molar-refractivity contribution in [2.24, 2.45) is 0 Å². The van der Waals surface area contributed by atoms with Gasteiger partial charge in [-0.3, -0.25) is 19.4 Å². The Morgan fingerprint density at radius 2 is 1.73 bits per heavy atom. The number of ether oxygens (including phenoxy) is 1. The first kappa shape index (κ1) is 29.1. The molecule has 3 aliphatic rings. The number of amides is 1. The van der Waals surface area contributed by atoms with Crippen molar-refractivity contribution in [2.75, 3.05) is 32.7 Å². The highest BCUT2D eigenvalue weighted by Gasteiger charge is 2.44. The Labute approximate surface area is 232 Å². The Bertz CT molecular complexity index is 1310. The molecule has 1 unspecified atom stereocenters. The van der Waals surface area contributed by atoms with Crippen LogP contribution in [0.3, 0.4) is 0 Å². The number of alkyl halides is 6. The molecule has 41 heavy (non-hydrogen) atoms. The number of Topliss-reactive ketones (excluding diaryl/α,β-unsaturated/α-hetero) is 1. The van der Waals surface area contributed by atoms with Crippen molar-refractivity contribution in [2.45, 2.75) is 49.8 Å². The molecule has 2 aromatic carbocycles. The molecule has 0 aliphatic carbocycles. The Morgan fingerprint density at radius 1 is 1.02 bits per heavy atom. The molecular weight excluding hydrogens is 552 g/mol. The van der Waals surface area contributed by atoms with Crippen molar-refractivity contribution in [3.63, 3.8) is 0 Å². The Morgan fingerprint density at radius 3 is 2.44 bits per heavy atom. The van der Waals surface area contributed by atoms with E-state index in [1.807, 2.05) is 11.0 Å². The van der Waals surface area contributed by atoms with E-state index in [4.69, 9.17) is 4.74 Å². The molecule has 1 N–H and O–H groups in total. The van der Waals surface area contributed by atoms with Crippen LogP contribution in [0.2, 0.25) is 0 Å². The monoisotopic (exact) mass is 581 g/mol. The zero-order valence-electron chi connectivity index (χ0n) is 22.0. The normalized spacial score (nSPS) is 23.5. The van der Waals surface area contributed by atoms with E-state index in [2.05, 4.69) is 10.2 Å². The molecule has 3 heterocycles. The number of benzene rings is 2. The largest absolute Gasteiger partial charge is 0.485 e. The topological polar surface area (TPSA) is 61.9 Å². The van der Waals surface area contributed by atoms with E-state index in [0.717, 1.165) is 19.4 Å². The van der Waals surface area contributed by atoms with Gasteiger partial charge >= 0.3 is 12.4 Å². The second kappa shape index (κ2) is 11.1. The molecule has 1 amide bonds. The lowest BCUT2D eigenvalue weighted by molar-refractivity contribution is -0.143. The van der Waals surface area contributed by atoms with Crippen molar-refractivity contribution in [1.29, 1.82) is 0 Å². The van der Waals surface area contributed by atoms with Crippen molar-refractivity contribution in [3.8, 4) is 5.75 Å². The fraction of sp³-hybridized carbons (Fsp3) is 0.448. The van der Waals surface area contributed by atoms with Crippen LogP contribution < -0.4 is 10.1 Å². The number of nitrogens with one attached hydrogen (secondary N) is 1. The maximum Gasteiger partial charge on any atom is 0.416 e. The minimum Gasteiger partial charge on any atom is -0.485 e. The van der Waals surface area contributed by atoms with Crippen molar-refractivity contribution >= 4 is 11.7 Å². The predicted molar refractivity (Wildman–Crippen MR) is 137 cm³/mol. The number of carbonyl (C=O) groups is 2. The van der Waals surface area contributed by atoms with Gasteiger partial charge in [0.25, 0.3) is 0 Å². The van der Waals surface area contributed by atoms with Crippen LogP contribution in [0.1, 0.15) is 46.3 Å². The minimum atomic E-state index is -4.96. The maximum absolute atomic E-state index is 13.2. The van der Waals surface area contributed by atoms with Gasteiger partial charge in [0.15, 0.2) is 5.78 Å². The van der Waals surface area contributed by atoms with Gasteiger partial charge in [-0.05, 0) is 55.3 Å².